The molecule has 1 aliphatic carbocycles. The van der Waals surface area contributed by atoms with E-state index in [1.165, 1.54) is 19.3 Å². The average Bonchev–Trinajstić information content (AvgIpc) is 2.27. The Labute approximate surface area is 113 Å². The predicted octanol–water partition coefficient (Wildman–Crippen LogP) is 3.80. The molecule has 5 heteroatoms. The van der Waals surface area contributed by atoms with E-state index in [4.69, 9.17) is 4.74 Å². The van der Waals surface area contributed by atoms with Crippen molar-refractivity contribution >= 4 is 0 Å². The lowest BCUT2D eigenvalue weighted by atomic mass is 9.81. The van der Waals surface area contributed by atoms with Gasteiger partial charge in [0, 0.05) is 19.5 Å². The van der Waals surface area contributed by atoms with Gasteiger partial charge in [-0.3, -0.25) is 0 Å². The molecule has 19 heavy (non-hydrogen) atoms. The quantitative estimate of drug-likeness (QED) is 0.848. The molecule has 0 amide bonds. The van der Waals surface area contributed by atoms with Gasteiger partial charge in [-0.25, -0.2) is 0 Å². The number of halogens is 3. The van der Waals surface area contributed by atoms with Crippen molar-refractivity contribution in [3.05, 3.63) is 0 Å². The molecule has 0 aromatic heterocycles. The Balaban J connectivity index is 1.87. The van der Waals surface area contributed by atoms with Crippen LogP contribution >= 0.6 is 0 Å². The third-order valence-corrected chi connectivity index (χ3v) is 4.34. The monoisotopic (exact) mass is 279 g/mol. The van der Waals surface area contributed by atoms with Crippen molar-refractivity contribution in [3.63, 3.8) is 0 Å². The number of hydrogen-bond donors (Lipinski definition) is 1. The Bertz CT molecular complexity index is 294. The van der Waals surface area contributed by atoms with E-state index in [1.807, 2.05) is 6.92 Å². The summed E-state index contributed by atoms with van der Waals surface area (Å²) in [5.74, 6) is 0. The van der Waals surface area contributed by atoms with E-state index in [2.05, 4.69) is 5.32 Å². The van der Waals surface area contributed by atoms with Crippen molar-refractivity contribution < 1.29 is 17.9 Å². The first kappa shape index (κ1) is 15.1. The van der Waals surface area contributed by atoms with Gasteiger partial charge in [-0.15, -0.1) is 0 Å². The molecule has 1 unspecified atom stereocenters. The summed E-state index contributed by atoms with van der Waals surface area (Å²) in [6.07, 6.45) is 1.51. The number of morpholine rings is 1. The van der Waals surface area contributed by atoms with Crippen LogP contribution in [-0.2, 0) is 4.74 Å². The molecule has 0 aromatic carbocycles. The first-order valence-electron chi connectivity index (χ1n) is 7.30. The van der Waals surface area contributed by atoms with E-state index < -0.39 is 18.2 Å². The van der Waals surface area contributed by atoms with Gasteiger partial charge >= 0.3 is 6.18 Å². The molecule has 0 bridgehead atoms. The Morgan fingerprint density at radius 3 is 2.42 bits per heavy atom. The smallest absolute Gasteiger partial charge is 0.366 e. The van der Waals surface area contributed by atoms with Crippen molar-refractivity contribution in [1.29, 1.82) is 0 Å². The highest BCUT2D eigenvalue weighted by atomic mass is 19.4. The van der Waals surface area contributed by atoms with Crippen LogP contribution in [0.4, 0.5) is 13.2 Å². The Morgan fingerprint density at radius 1 is 1.11 bits per heavy atom. The van der Waals surface area contributed by atoms with E-state index in [9.17, 15) is 13.2 Å². The second-order valence-corrected chi connectivity index (χ2v) is 6.37. The van der Waals surface area contributed by atoms with E-state index in [1.54, 1.807) is 0 Å². The van der Waals surface area contributed by atoms with Gasteiger partial charge in [-0.2, -0.15) is 13.2 Å². The van der Waals surface area contributed by atoms with Crippen LogP contribution in [0, 0.1) is 0 Å². The summed E-state index contributed by atoms with van der Waals surface area (Å²) in [4.78, 5) is 0. The average molecular weight is 279 g/mol. The summed E-state index contributed by atoms with van der Waals surface area (Å²) in [5.41, 5.74) is -0.565. The lowest BCUT2D eigenvalue weighted by Gasteiger charge is -2.49. The highest BCUT2D eigenvalue weighted by molar-refractivity contribution is 4.96. The van der Waals surface area contributed by atoms with Gasteiger partial charge < -0.3 is 10.1 Å². The minimum atomic E-state index is -4.05. The van der Waals surface area contributed by atoms with Crippen LogP contribution in [0.15, 0.2) is 0 Å². The van der Waals surface area contributed by atoms with Gasteiger partial charge in [-0.05, 0) is 32.6 Å². The minimum absolute atomic E-state index is 0.122. The van der Waals surface area contributed by atoms with Crippen molar-refractivity contribution in [3.8, 4) is 0 Å². The molecule has 1 heterocycles. The van der Waals surface area contributed by atoms with Gasteiger partial charge in [0.05, 0.1) is 11.2 Å². The molecule has 0 aromatic rings. The molecule has 1 saturated carbocycles. The van der Waals surface area contributed by atoms with Gasteiger partial charge in [0.1, 0.15) is 0 Å². The van der Waals surface area contributed by atoms with Gasteiger partial charge in [0.25, 0.3) is 0 Å². The lowest BCUT2D eigenvalue weighted by molar-refractivity contribution is -0.190. The zero-order chi connectivity index (χ0) is 14.0. The number of hydrogen-bond acceptors (Lipinski definition) is 2. The number of ether oxygens (including phenoxy) is 1. The predicted molar refractivity (Wildman–Crippen MR) is 68.1 cm³/mol. The van der Waals surface area contributed by atoms with Crippen LogP contribution < -0.4 is 5.32 Å². The van der Waals surface area contributed by atoms with Crippen molar-refractivity contribution in [2.75, 3.05) is 13.1 Å². The molecule has 1 N–H and O–H groups in total. The molecular formula is C14H24F3NO. The molecule has 1 atom stereocenters. The van der Waals surface area contributed by atoms with E-state index in [0.29, 0.717) is 13.0 Å². The summed E-state index contributed by atoms with van der Waals surface area (Å²) >= 11 is 0. The maximum Gasteiger partial charge on any atom is 0.389 e. The summed E-state index contributed by atoms with van der Waals surface area (Å²) in [7, 11) is 0. The standard InChI is InChI=1S/C14H24F3NO/c1-12(6-5-9-14(15,16)17)10-18-11-13(19-12)7-3-2-4-8-13/h18H,2-11H2,1H3. The van der Waals surface area contributed by atoms with Crippen LogP contribution in [0.2, 0.25) is 0 Å². The molecule has 2 fully saturated rings. The van der Waals surface area contributed by atoms with Crippen LogP contribution in [-0.4, -0.2) is 30.5 Å². The zero-order valence-electron chi connectivity index (χ0n) is 11.6. The molecule has 2 aliphatic rings. The summed E-state index contributed by atoms with van der Waals surface area (Å²) < 4.78 is 43.0. The number of alkyl halides is 3. The molecule has 2 rings (SSSR count). The fourth-order valence-corrected chi connectivity index (χ4v) is 3.43. The zero-order valence-corrected chi connectivity index (χ0v) is 11.6. The fourth-order valence-electron chi connectivity index (χ4n) is 3.43. The van der Waals surface area contributed by atoms with Gasteiger partial charge in [0.15, 0.2) is 0 Å². The molecule has 0 radical (unpaired) electrons. The SMILES string of the molecule is CC1(CCCC(F)(F)F)CNCC2(CCCCC2)O1. The highest BCUT2D eigenvalue weighted by Gasteiger charge is 2.43. The minimum Gasteiger partial charge on any atom is -0.366 e. The summed E-state index contributed by atoms with van der Waals surface area (Å²) in [6, 6.07) is 0. The van der Waals surface area contributed by atoms with Gasteiger partial charge in [0.2, 0.25) is 0 Å². The lowest BCUT2D eigenvalue weighted by Crippen LogP contribution is -2.59. The maximum absolute atomic E-state index is 12.2. The Morgan fingerprint density at radius 2 is 1.79 bits per heavy atom. The third kappa shape index (κ3) is 4.35. The Hall–Kier alpha value is -0.290. The molecule has 1 spiro atoms. The van der Waals surface area contributed by atoms with E-state index >= 15 is 0 Å². The van der Waals surface area contributed by atoms with Crippen molar-refractivity contribution in [2.24, 2.45) is 0 Å². The topological polar surface area (TPSA) is 21.3 Å². The molecule has 2 nitrogen and oxygen atoms in total. The van der Waals surface area contributed by atoms with Crippen LogP contribution in [0.1, 0.15) is 58.3 Å². The third-order valence-electron chi connectivity index (χ3n) is 4.34. The van der Waals surface area contributed by atoms with Crippen molar-refractivity contribution in [1.82, 2.24) is 5.32 Å². The molecule has 112 valence electrons. The van der Waals surface area contributed by atoms with Crippen LogP contribution in [0.5, 0.6) is 0 Å². The second kappa shape index (κ2) is 5.60. The normalized spacial score (nSPS) is 31.6. The summed E-state index contributed by atoms with van der Waals surface area (Å²) in [5, 5.41) is 3.38. The highest BCUT2D eigenvalue weighted by Crippen LogP contribution is 2.39. The van der Waals surface area contributed by atoms with Crippen molar-refractivity contribution in [2.45, 2.75) is 75.7 Å². The number of rotatable bonds is 3. The maximum atomic E-state index is 12.2. The largest absolute Gasteiger partial charge is 0.389 e. The van der Waals surface area contributed by atoms with Crippen LogP contribution in [0.3, 0.4) is 0 Å². The van der Waals surface area contributed by atoms with Crippen LogP contribution in [0.25, 0.3) is 0 Å². The molecule has 1 saturated heterocycles. The number of nitrogens with one attached hydrogen (secondary N) is 1. The first-order valence-corrected chi connectivity index (χ1v) is 7.30. The first-order chi connectivity index (χ1) is 8.83. The van der Waals surface area contributed by atoms with E-state index in [0.717, 1.165) is 19.4 Å². The summed E-state index contributed by atoms with van der Waals surface area (Å²) in [6.45, 7) is 3.46. The second-order valence-electron chi connectivity index (χ2n) is 6.37. The molecule has 1 aliphatic heterocycles. The van der Waals surface area contributed by atoms with Gasteiger partial charge in [-0.1, -0.05) is 19.3 Å². The fraction of sp³-hybridized carbons (Fsp3) is 1.00. The Kier molecular flexibility index (Phi) is 4.45. The van der Waals surface area contributed by atoms with E-state index in [-0.39, 0.29) is 12.0 Å². The molecular weight excluding hydrogens is 255 g/mol.